The summed E-state index contributed by atoms with van der Waals surface area (Å²) in [4.78, 5) is 2.38. The van der Waals surface area contributed by atoms with Crippen LogP contribution in [0.1, 0.15) is 24.8 Å². The molecule has 1 N–H and O–H groups in total. The zero-order valence-electron chi connectivity index (χ0n) is 11.7. The lowest BCUT2D eigenvalue weighted by atomic mass is 9.80. The van der Waals surface area contributed by atoms with Gasteiger partial charge in [-0.3, -0.25) is 0 Å². The lowest BCUT2D eigenvalue weighted by molar-refractivity contribution is 0.160. The number of hydrogen-bond acceptors (Lipinski definition) is 2. The molecule has 3 rings (SSSR count). The van der Waals surface area contributed by atoms with E-state index >= 15 is 0 Å². The van der Waals surface area contributed by atoms with Gasteiger partial charge in [-0.2, -0.15) is 0 Å². The van der Waals surface area contributed by atoms with Gasteiger partial charge in [0.25, 0.3) is 0 Å². The normalized spacial score (nSPS) is 22.8. The van der Waals surface area contributed by atoms with Gasteiger partial charge in [0.1, 0.15) is 0 Å². The molecule has 1 aliphatic heterocycles. The third-order valence-electron chi connectivity index (χ3n) is 4.38. The van der Waals surface area contributed by atoms with Crippen LogP contribution in [0.15, 0.2) is 60.7 Å². The average Bonchev–Trinajstić information content (AvgIpc) is 2.56. The Balaban J connectivity index is 2.06. The van der Waals surface area contributed by atoms with Crippen molar-refractivity contribution in [3.63, 3.8) is 0 Å². The molecule has 0 bridgehead atoms. The van der Waals surface area contributed by atoms with Gasteiger partial charge in [-0.15, -0.1) is 0 Å². The topological polar surface area (TPSA) is 23.5 Å². The van der Waals surface area contributed by atoms with Crippen molar-refractivity contribution < 1.29 is 5.11 Å². The van der Waals surface area contributed by atoms with E-state index in [9.17, 15) is 5.11 Å². The maximum absolute atomic E-state index is 10.2. The molecule has 2 heteroatoms. The number of hydrogen-bond donors (Lipinski definition) is 1. The van der Waals surface area contributed by atoms with Crippen molar-refractivity contribution in [2.24, 2.45) is 0 Å². The molecule has 1 atom stereocenters. The molecule has 0 aliphatic carbocycles. The largest absolute Gasteiger partial charge is 0.394 e. The molecule has 1 heterocycles. The van der Waals surface area contributed by atoms with Gasteiger partial charge in [-0.05, 0) is 37.0 Å². The molecule has 0 saturated carbocycles. The summed E-state index contributed by atoms with van der Waals surface area (Å²) in [5.41, 5.74) is 2.14. The quantitative estimate of drug-likeness (QED) is 0.919. The Morgan fingerprint density at radius 2 is 1.55 bits per heavy atom. The van der Waals surface area contributed by atoms with Crippen molar-refractivity contribution in [3.8, 4) is 0 Å². The average molecular weight is 267 g/mol. The first kappa shape index (κ1) is 13.2. The molecule has 0 aromatic heterocycles. The first-order chi connectivity index (χ1) is 9.87. The monoisotopic (exact) mass is 267 g/mol. The summed E-state index contributed by atoms with van der Waals surface area (Å²) >= 11 is 0. The van der Waals surface area contributed by atoms with Crippen LogP contribution in [0.4, 0.5) is 5.69 Å². The van der Waals surface area contributed by atoms with Crippen LogP contribution in [0, 0.1) is 0 Å². The molecule has 2 aromatic carbocycles. The lowest BCUT2D eigenvalue weighted by Gasteiger charge is -2.48. The fraction of sp³-hybridized carbons (Fsp3) is 0.333. The van der Waals surface area contributed by atoms with Crippen LogP contribution in [-0.2, 0) is 5.54 Å². The van der Waals surface area contributed by atoms with Crippen molar-refractivity contribution in [1.82, 2.24) is 0 Å². The van der Waals surface area contributed by atoms with Crippen molar-refractivity contribution in [1.29, 1.82) is 0 Å². The van der Waals surface area contributed by atoms with Crippen LogP contribution in [0.3, 0.4) is 0 Å². The third-order valence-corrected chi connectivity index (χ3v) is 4.38. The smallest absolute Gasteiger partial charge is 0.0883 e. The van der Waals surface area contributed by atoms with Gasteiger partial charge in [-0.1, -0.05) is 48.5 Å². The maximum atomic E-state index is 10.2. The minimum atomic E-state index is -0.277. The fourth-order valence-corrected chi connectivity index (χ4v) is 3.32. The number of aliphatic hydroxyl groups is 1. The van der Waals surface area contributed by atoms with Crippen LogP contribution < -0.4 is 4.90 Å². The van der Waals surface area contributed by atoms with Crippen molar-refractivity contribution >= 4 is 5.69 Å². The molecule has 1 unspecified atom stereocenters. The molecule has 20 heavy (non-hydrogen) atoms. The summed E-state index contributed by atoms with van der Waals surface area (Å²) < 4.78 is 0. The third kappa shape index (κ3) is 2.20. The van der Waals surface area contributed by atoms with Gasteiger partial charge in [0.15, 0.2) is 0 Å². The predicted octanol–water partition coefficient (Wildman–Crippen LogP) is 3.56. The zero-order valence-corrected chi connectivity index (χ0v) is 11.7. The van der Waals surface area contributed by atoms with Crippen LogP contribution in [0.5, 0.6) is 0 Å². The van der Waals surface area contributed by atoms with Gasteiger partial charge >= 0.3 is 0 Å². The summed E-state index contributed by atoms with van der Waals surface area (Å²) in [6.45, 7) is 1.16. The second-order valence-corrected chi connectivity index (χ2v) is 5.50. The molecular formula is C18H21NO. The van der Waals surface area contributed by atoms with Gasteiger partial charge in [0.2, 0.25) is 0 Å². The van der Waals surface area contributed by atoms with Gasteiger partial charge in [0.05, 0.1) is 12.1 Å². The Kier molecular flexibility index (Phi) is 3.75. The van der Waals surface area contributed by atoms with E-state index < -0.39 is 0 Å². The van der Waals surface area contributed by atoms with E-state index in [-0.39, 0.29) is 12.1 Å². The first-order valence-corrected chi connectivity index (χ1v) is 7.36. The van der Waals surface area contributed by atoms with Crippen LogP contribution in [-0.4, -0.2) is 18.3 Å². The minimum absolute atomic E-state index is 0.159. The van der Waals surface area contributed by atoms with E-state index in [1.165, 1.54) is 24.1 Å². The summed E-state index contributed by atoms with van der Waals surface area (Å²) in [7, 11) is 0. The number of benzene rings is 2. The van der Waals surface area contributed by atoms with E-state index in [1.54, 1.807) is 0 Å². The summed E-state index contributed by atoms with van der Waals surface area (Å²) in [5, 5.41) is 10.2. The molecule has 0 spiro atoms. The van der Waals surface area contributed by atoms with E-state index in [1.807, 2.05) is 12.1 Å². The zero-order chi connectivity index (χ0) is 13.8. The second-order valence-electron chi connectivity index (χ2n) is 5.50. The molecule has 1 saturated heterocycles. The summed E-state index contributed by atoms with van der Waals surface area (Å²) in [5.74, 6) is 0. The molecule has 1 fully saturated rings. The van der Waals surface area contributed by atoms with Crippen LogP contribution in [0.25, 0.3) is 0 Å². The van der Waals surface area contributed by atoms with E-state index in [0.717, 1.165) is 13.0 Å². The van der Waals surface area contributed by atoms with Crippen molar-refractivity contribution in [2.45, 2.75) is 24.8 Å². The highest BCUT2D eigenvalue weighted by Gasteiger charge is 2.39. The SMILES string of the molecule is OCC1(c2ccccc2)CCCCN1c1ccccc1. The number of nitrogens with zero attached hydrogens (tertiary/aromatic N) is 1. The van der Waals surface area contributed by atoms with E-state index in [0.29, 0.717) is 0 Å². The van der Waals surface area contributed by atoms with Crippen molar-refractivity contribution in [2.75, 3.05) is 18.1 Å². The molecule has 0 radical (unpaired) electrons. The van der Waals surface area contributed by atoms with E-state index in [2.05, 4.69) is 53.4 Å². The molecular weight excluding hydrogens is 246 g/mol. The lowest BCUT2D eigenvalue weighted by Crippen LogP contribution is -2.52. The molecule has 2 nitrogen and oxygen atoms in total. The van der Waals surface area contributed by atoms with Crippen molar-refractivity contribution in [3.05, 3.63) is 66.2 Å². The molecule has 104 valence electrons. The molecule has 2 aromatic rings. The Hall–Kier alpha value is -1.80. The summed E-state index contributed by atoms with van der Waals surface area (Å²) in [6.07, 6.45) is 3.35. The number of piperidine rings is 1. The Labute approximate surface area is 120 Å². The fourth-order valence-electron chi connectivity index (χ4n) is 3.32. The second kappa shape index (κ2) is 5.68. The number of para-hydroxylation sites is 1. The Bertz CT molecular complexity index is 540. The van der Waals surface area contributed by atoms with E-state index in [4.69, 9.17) is 0 Å². The minimum Gasteiger partial charge on any atom is -0.394 e. The maximum Gasteiger partial charge on any atom is 0.0883 e. The predicted molar refractivity (Wildman–Crippen MR) is 82.8 cm³/mol. The Morgan fingerprint density at radius 3 is 2.20 bits per heavy atom. The highest BCUT2D eigenvalue weighted by atomic mass is 16.3. The van der Waals surface area contributed by atoms with Crippen LogP contribution in [0.2, 0.25) is 0 Å². The molecule has 1 aliphatic rings. The summed E-state index contributed by atoms with van der Waals surface area (Å²) in [6, 6.07) is 20.9. The van der Waals surface area contributed by atoms with Gasteiger partial charge in [0, 0.05) is 12.2 Å². The highest BCUT2D eigenvalue weighted by molar-refractivity contribution is 5.52. The number of rotatable bonds is 3. The van der Waals surface area contributed by atoms with Gasteiger partial charge in [-0.25, -0.2) is 0 Å². The standard InChI is InChI=1S/C18H21NO/c20-15-18(16-9-3-1-4-10-16)13-7-8-14-19(18)17-11-5-2-6-12-17/h1-6,9-12,20H,7-8,13-15H2. The molecule has 0 amide bonds. The number of aliphatic hydroxyl groups excluding tert-OH is 1. The Morgan fingerprint density at radius 1 is 0.900 bits per heavy atom. The van der Waals surface area contributed by atoms with Gasteiger partial charge < -0.3 is 10.0 Å². The first-order valence-electron chi connectivity index (χ1n) is 7.36. The number of anilines is 1. The van der Waals surface area contributed by atoms with Crippen LogP contribution >= 0.6 is 0 Å². The highest BCUT2D eigenvalue weighted by Crippen LogP contribution is 2.40.